The number of guanidine groups is 1. The smallest absolute Gasteiger partial charge is 0.191 e. The molecule has 2 aliphatic rings. The van der Waals surface area contributed by atoms with Crippen molar-refractivity contribution < 1.29 is 9.47 Å². The van der Waals surface area contributed by atoms with Crippen LogP contribution < -0.4 is 10.6 Å². The Morgan fingerprint density at radius 1 is 1.33 bits per heavy atom. The van der Waals surface area contributed by atoms with Gasteiger partial charge in [-0.3, -0.25) is 4.99 Å². The fraction of sp³-hybridized carbons (Fsp3) is 0.941. The van der Waals surface area contributed by atoms with Gasteiger partial charge in [0.15, 0.2) is 5.96 Å². The number of hydrogen-bond donors (Lipinski definition) is 2. The quantitative estimate of drug-likeness (QED) is 0.235. The Morgan fingerprint density at radius 2 is 2.21 bits per heavy atom. The number of thioether (sulfide) groups is 1. The molecule has 3 atom stereocenters. The van der Waals surface area contributed by atoms with Crippen molar-refractivity contribution in [3.8, 4) is 0 Å². The van der Waals surface area contributed by atoms with Gasteiger partial charge < -0.3 is 20.1 Å². The van der Waals surface area contributed by atoms with Crippen LogP contribution in [0.2, 0.25) is 0 Å². The van der Waals surface area contributed by atoms with E-state index < -0.39 is 0 Å². The molecule has 7 heteroatoms. The standard InChI is InChI=1S/C17H33N3O2S.HI/c1-3-23-16-6-5-15(11-16)20-17(18-2)19-8-4-9-21-12-14-7-10-22-13-14;/h14-16H,3-13H2,1-2H3,(H2,18,19,20);1H. The molecular weight excluding hydrogens is 437 g/mol. The molecule has 0 spiro atoms. The van der Waals surface area contributed by atoms with Crippen LogP contribution in [-0.2, 0) is 9.47 Å². The Balaban J connectivity index is 0.00000288. The molecule has 1 aliphatic heterocycles. The lowest BCUT2D eigenvalue weighted by Gasteiger charge is -2.17. The van der Waals surface area contributed by atoms with E-state index in [1.807, 2.05) is 7.05 Å². The minimum Gasteiger partial charge on any atom is -0.381 e. The summed E-state index contributed by atoms with van der Waals surface area (Å²) in [6.07, 6.45) is 5.99. The maximum absolute atomic E-state index is 5.72. The van der Waals surface area contributed by atoms with Gasteiger partial charge in [0.05, 0.1) is 13.2 Å². The van der Waals surface area contributed by atoms with E-state index in [1.165, 1.54) is 25.0 Å². The summed E-state index contributed by atoms with van der Waals surface area (Å²) in [7, 11) is 1.85. The third-order valence-corrected chi connectivity index (χ3v) is 5.72. The lowest BCUT2D eigenvalue weighted by Crippen LogP contribution is -2.43. The molecular formula is C17H34IN3O2S. The molecule has 0 amide bonds. The highest BCUT2D eigenvalue weighted by atomic mass is 127. The van der Waals surface area contributed by atoms with Crippen molar-refractivity contribution in [3.05, 3.63) is 0 Å². The van der Waals surface area contributed by atoms with Gasteiger partial charge >= 0.3 is 0 Å². The Kier molecular flexibility index (Phi) is 12.5. The lowest BCUT2D eigenvalue weighted by molar-refractivity contribution is 0.0888. The predicted molar refractivity (Wildman–Crippen MR) is 114 cm³/mol. The number of nitrogens with one attached hydrogen (secondary N) is 2. The van der Waals surface area contributed by atoms with Crippen LogP contribution in [0.15, 0.2) is 4.99 Å². The van der Waals surface area contributed by atoms with E-state index in [0.717, 1.165) is 57.0 Å². The first kappa shape index (κ1) is 22.3. The number of rotatable bonds is 9. The Morgan fingerprint density at radius 3 is 2.92 bits per heavy atom. The summed E-state index contributed by atoms with van der Waals surface area (Å²) < 4.78 is 11.1. The minimum atomic E-state index is 0. The van der Waals surface area contributed by atoms with Gasteiger partial charge in [-0.15, -0.1) is 24.0 Å². The number of hydrogen-bond acceptors (Lipinski definition) is 4. The average molecular weight is 471 g/mol. The van der Waals surface area contributed by atoms with Crippen molar-refractivity contribution in [2.75, 3.05) is 45.8 Å². The molecule has 5 nitrogen and oxygen atoms in total. The van der Waals surface area contributed by atoms with Gasteiger partial charge in [-0.05, 0) is 37.9 Å². The average Bonchev–Trinajstić information content (AvgIpc) is 3.22. The summed E-state index contributed by atoms with van der Waals surface area (Å²) in [5.41, 5.74) is 0. The molecule has 0 aromatic carbocycles. The van der Waals surface area contributed by atoms with Crippen LogP contribution in [0.4, 0.5) is 0 Å². The van der Waals surface area contributed by atoms with Crippen molar-refractivity contribution in [2.45, 2.75) is 50.3 Å². The normalized spacial score (nSPS) is 27.1. The van der Waals surface area contributed by atoms with E-state index in [4.69, 9.17) is 9.47 Å². The van der Waals surface area contributed by atoms with E-state index in [9.17, 15) is 0 Å². The predicted octanol–water partition coefficient (Wildman–Crippen LogP) is 2.89. The van der Waals surface area contributed by atoms with E-state index in [0.29, 0.717) is 12.0 Å². The third kappa shape index (κ3) is 8.58. The summed E-state index contributed by atoms with van der Waals surface area (Å²) >= 11 is 2.09. The monoisotopic (exact) mass is 471 g/mol. The zero-order chi connectivity index (χ0) is 16.3. The SMILES string of the molecule is CCSC1CCC(NC(=NC)NCCCOCC2CCOC2)C1.I. The molecule has 0 aromatic heterocycles. The second kappa shape index (κ2) is 13.5. The minimum absolute atomic E-state index is 0. The number of nitrogens with zero attached hydrogens (tertiary/aromatic N) is 1. The van der Waals surface area contributed by atoms with Crippen molar-refractivity contribution in [2.24, 2.45) is 10.9 Å². The van der Waals surface area contributed by atoms with Crippen molar-refractivity contribution in [1.82, 2.24) is 10.6 Å². The molecule has 1 saturated carbocycles. The van der Waals surface area contributed by atoms with E-state index in [1.54, 1.807) is 0 Å². The van der Waals surface area contributed by atoms with Crippen LogP contribution in [0.5, 0.6) is 0 Å². The van der Waals surface area contributed by atoms with E-state index >= 15 is 0 Å². The van der Waals surface area contributed by atoms with Gasteiger partial charge in [0.2, 0.25) is 0 Å². The number of ether oxygens (including phenoxy) is 2. The van der Waals surface area contributed by atoms with Gasteiger partial charge in [0.1, 0.15) is 0 Å². The van der Waals surface area contributed by atoms with Crippen LogP contribution in [0.25, 0.3) is 0 Å². The fourth-order valence-corrected chi connectivity index (χ4v) is 4.33. The maximum Gasteiger partial charge on any atom is 0.191 e. The summed E-state index contributed by atoms with van der Waals surface area (Å²) in [5, 5.41) is 7.78. The molecule has 1 aliphatic carbocycles. The lowest BCUT2D eigenvalue weighted by atomic mass is 10.1. The van der Waals surface area contributed by atoms with Gasteiger partial charge in [-0.1, -0.05) is 6.92 Å². The molecule has 0 radical (unpaired) electrons. The van der Waals surface area contributed by atoms with Gasteiger partial charge in [-0.2, -0.15) is 11.8 Å². The first-order chi connectivity index (χ1) is 11.3. The van der Waals surface area contributed by atoms with Gasteiger partial charge in [-0.25, -0.2) is 0 Å². The molecule has 1 heterocycles. The Bertz CT molecular complexity index is 355. The van der Waals surface area contributed by atoms with Crippen LogP contribution in [0.3, 0.4) is 0 Å². The molecule has 2 fully saturated rings. The zero-order valence-electron chi connectivity index (χ0n) is 15.1. The van der Waals surface area contributed by atoms with Gasteiger partial charge in [0, 0.05) is 44.0 Å². The van der Waals surface area contributed by atoms with Crippen LogP contribution in [0.1, 0.15) is 39.0 Å². The maximum atomic E-state index is 5.72. The van der Waals surface area contributed by atoms with E-state index in [2.05, 4.69) is 34.3 Å². The van der Waals surface area contributed by atoms with Gasteiger partial charge in [0.25, 0.3) is 0 Å². The summed E-state index contributed by atoms with van der Waals surface area (Å²) in [5.74, 6) is 2.76. The second-order valence-corrected chi connectivity index (χ2v) is 7.97. The summed E-state index contributed by atoms with van der Waals surface area (Å²) in [6.45, 7) is 6.56. The Hall–Kier alpha value is 0.270. The summed E-state index contributed by atoms with van der Waals surface area (Å²) in [6, 6.07) is 0.573. The zero-order valence-corrected chi connectivity index (χ0v) is 18.2. The first-order valence-electron chi connectivity index (χ1n) is 9.06. The molecule has 24 heavy (non-hydrogen) atoms. The molecule has 142 valence electrons. The molecule has 1 saturated heterocycles. The van der Waals surface area contributed by atoms with Crippen LogP contribution in [0, 0.1) is 5.92 Å². The summed E-state index contributed by atoms with van der Waals surface area (Å²) in [4.78, 5) is 4.33. The first-order valence-corrected chi connectivity index (χ1v) is 10.1. The van der Waals surface area contributed by atoms with Crippen LogP contribution >= 0.6 is 35.7 Å². The number of halogens is 1. The van der Waals surface area contributed by atoms with Crippen molar-refractivity contribution >= 4 is 41.7 Å². The Labute approximate surface area is 168 Å². The largest absolute Gasteiger partial charge is 0.381 e. The molecule has 2 N–H and O–H groups in total. The fourth-order valence-electron chi connectivity index (χ4n) is 3.19. The highest BCUT2D eigenvalue weighted by Gasteiger charge is 2.25. The topological polar surface area (TPSA) is 54.9 Å². The highest BCUT2D eigenvalue weighted by molar-refractivity contribution is 14.0. The third-order valence-electron chi connectivity index (χ3n) is 4.49. The number of aliphatic imine (C=N–C) groups is 1. The molecule has 0 bridgehead atoms. The molecule has 0 aromatic rings. The van der Waals surface area contributed by atoms with Crippen molar-refractivity contribution in [3.63, 3.8) is 0 Å². The molecule has 3 unspecified atom stereocenters. The highest BCUT2D eigenvalue weighted by Crippen LogP contribution is 2.29. The van der Waals surface area contributed by atoms with Crippen LogP contribution in [-0.4, -0.2) is 63.0 Å². The van der Waals surface area contributed by atoms with Crippen molar-refractivity contribution in [1.29, 1.82) is 0 Å². The van der Waals surface area contributed by atoms with E-state index in [-0.39, 0.29) is 24.0 Å². The molecule has 2 rings (SSSR count). The second-order valence-electron chi connectivity index (χ2n) is 6.39.